The summed E-state index contributed by atoms with van der Waals surface area (Å²) in [7, 11) is 0. The highest BCUT2D eigenvalue weighted by Crippen LogP contribution is 2.31. The third-order valence-electron chi connectivity index (χ3n) is 6.49. The zero-order chi connectivity index (χ0) is 32.5. The van der Waals surface area contributed by atoms with Gasteiger partial charge in [-0.25, -0.2) is 4.98 Å². The number of aromatic nitrogens is 1. The number of nitrogens with zero attached hydrogens (tertiary/aromatic N) is 2. The van der Waals surface area contributed by atoms with Crippen molar-refractivity contribution in [3.05, 3.63) is 129 Å². The number of hydrogen-bond acceptors (Lipinski definition) is 9. The van der Waals surface area contributed by atoms with E-state index in [-0.39, 0.29) is 17.3 Å². The van der Waals surface area contributed by atoms with Gasteiger partial charge in [-0.3, -0.25) is 24.5 Å². The lowest BCUT2D eigenvalue weighted by atomic mass is 10.1. The van der Waals surface area contributed by atoms with Crippen molar-refractivity contribution in [2.75, 3.05) is 10.6 Å². The molecule has 2 aromatic heterocycles. The van der Waals surface area contributed by atoms with Gasteiger partial charge in [0, 0.05) is 33.7 Å². The topological polar surface area (TPSA) is 143 Å². The number of hydrogen-bond donors (Lipinski definition) is 3. The monoisotopic (exact) mass is 669 g/mol. The summed E-state index contributed by atoms with van der Waals surface area (Å²) in [6.45, 7) is 1.92. The number of thiophene rings is 1. The number of nitro groups is 1. The highest BCUT2D eigenvalue weighted by Gasteiger charge is 2.21. The highest BCUT2D eigenvalue weighted by molar-refractivity contribution is 8.00. The van der Waals surface area contributed by atoms with Crippen molar-refractivity contribution >= 4 is 74.7 Å². The molecule has 0 bridgehead atoms. The van der Waals surface area contributed by atoms with Gasteiger partial charge < -0.3 is 16.0 Å². The first kappa shape index (κ1) is 32.3. The largest absolute Gasteiger partial charge is 0.321 e. The molecule has 1 atom stereocenters. The molecule has 0 aliphatic heterocycles. The molecule has 0 saturated carbocycles. The number of benzene rings is 3. The van der Waals surface area contributed by atoms with E-state index < -0.39 is 22.0 Å². The second-order valence-electron chi connectivity index (χ2n) is 9.73. The third kappa shape index (κ3) is 8.53. The molecule has 46 heavy (non-hydrogen) atoms. The average Bonchev–Trinajstić information content (AvgIpc) is 3.77. The minimum Gasteiger partial charge on any atom is -0.321 e. The smallest absolute Gasteiger partial charge is 0.272 e. The lowest BCUT2D eigenvalue weighted by Crippen LogP contribution is -2.30. The van der Waals surface area contributed by atoms with Crippen molar-refractivity contribution in [2.24, 2.45) is 0 Å². The molecule has 3 N–H and O–H groups in total. The molecular formula is C33H27N5O5S3. The molecule has 13 heteroatoms. The normalized spacial score (nSPS) is 11.8. The Hall–Kier alpha value is -5.11. The van der Waals surface area contributed by atoms with Gasteiger partial charge in [-0.15, -0.1) is 34.4 Å². The van der Waals surface area contributed by atoms with Gasteiger partial charge in [-0.1, -0.05) is 37.3 Å². The summed E-state index contributed by atoms with van der Waals surface area (Å²) in [5.41, 5.74) is 1.95. The van der Waals surface area contributed by atoms with Crippen LogP contribution in [-0.4, -0.2) is 32.9 Å². The summed E-state index contributed by atoms with van der Waals surface area (Å²) in [4.78, 5) is 56.4. The fraction of sp³-hybridized carbons (Fsp3) is 0.0909. The lowest BCUT2D eigenvalue weighted by Gasteiger charge is -2.15. The minimum atomic E-state index is -0.597. The maximum atomic E-state index is 13.5. The first-order chi connectivity index (χ1) is 22.3. The lowest BCUT2D eigenvalue weighted by molar-refractivity contribution is -0.384. The number of thioether (sulfide) groups is 1. The van der Waals surface area contributed by atoms with Crippen LogP contribution in [0.2, 0.25) is 0 Å². The number of rotatable bonds is 12. The van der Waals surface area contributed by atoms with Crippen LogP contribution in [0.25, 0.3) is 16.6 Å². The second kappa shape index (κ2) is 15.3. The number of thiazole rings is 1. The van der Waals surface area contributed by atoms with Crippen molar-refractivity contribution in [1.29, 1.82) is 0 Å². The molecule has 5 rings (SSSR count). The Morgan fingerprint density at radius 3 is 2.43 bits per heavy atom. The van der Waals surface area contributed by atoms with E-state index >= 15 is 0 Å². The fourth-order valence-corrected chi connectivity index (χ4v) is 6.68. The van der Waals surface area contributed by atoms with Gasteiger partial charge in [0.25, 0.3) is 17.5 Å². The van der Waals surface area contributed by atoms with Crippen molar-refractivity contribution in [3.8, 4) is 10.6 Å². The van der Waals surface area contributed by atoms with Crippen molar-refractivity contribution in [3.63, 3.8) is 0 Å². The van der Waals surface area contributed by atoms with E-state index in [0.717, 1.165) is 15.5 Å². The van der Waals surface area contributed by atoms with Crippen LogP contribution in [0.15, 0.2) is 112 Å². The van der Waals surface area contributed by atoms with Crippen LogP contribution in [0.1, 0.15) is 29.3 Å². The van der Waals surface area contributed by atoms with Gasteiger partial charge in [0.1, 0.15) is 5.70 Å². The van der Waals surface area contributed by atoms with E-state index in [9.17, 15) is 24.5 Å². The molecule has 1 unspecified atom stereocenters. The Morgan fingerprint density at radius 1 is 0.957 bits per heavy atom. The van der Waals surface area contributed by atoms with E-state index in [1.165, 1.54) is 53.4 Å². The van der Waals surface area contributed by atoms with Crippen LogP contribution < -0.4 is 16.0 Å². The first-order valence-electron chi connectivity index (χ1n) is 14.0. The molecule has 10 nitrogen and oxygen atoms in total. The van der Waals surface area contributed by atoms with Gasteiger partial charge >= 0.3 is 0 Å². The third-order valence-corrected chi connectivity index (χ3v) is 9.49. The van der Waals surface area contributed by atoms with Crippen molar-refractivity contribution in [2.45, 2.75) is 23.5 Å². The Balaban J connectivity index is 1.29. The van der Waals surface area contributed by atoms with Gasteiger partial charge in [-0.2, -0.15) is 0 Å². The predicted molar refractivity (Wildman–Crippen MR) is 184 cm³/mol. The summed E-state index contributed by atoms with van der Waals surface area (Å²) >= 11 is 4.31. The van der Waals surface area contributed by atoms with E-state index in [4.69, 9.17) is 0 Å². The molecule has 3 aromatic carbocycles. The molecule has 0 spiro atoms. The quantitative estimate of drug-likeness (QED) is 0.0535. The fourth-order valence-electron chi connectivity index (χ4n) is 4.19. The number of carbonyl (C=O) groups is 3. The highest BCUT2D eigenvalue weighted by atomic mass is 32.2. The number of non-ortho nitro benzene ring substituents is 1. The summed E-state index contributed by atoms with van der Waals surface area (Å²) < 4.78 is 0. The molecule has 232 valence electrons. The zero-order valence-corrected chi connectivity index (χ0v) is 26.8. The van der Waals surface area contributed by atoms with E-state index in [1.807, 2.05) is 35.9 Å². The molecule has 3 amide bonds. The van der Waals surface area contributed by atoms with Crippen LogP contribution in [0.5, 0.6) is 0 Å². The SMILES string of the molecule is CCC(Sc1cccc(NC(=O)/C(=C\c2ccc([N+](=O)[O-])cc2)NC(=O)c2ccccc2)c1)C(=O)Nc1nc(-c2cccs2)cs1. The maximum absolute atomic E-state index is 13.5. The van der Waals surface area contributed by atoms with Crippen molar-refractivity contribution in [1.82, 2.24) is 10.3 Å². The molecular weight excluding hydrogens is 643 g/mol. The Morgan fingerprint density at radius 2 is 1.74 bits per heavy atom. The summed E-state index contributed by atoms with van der Waals surface area (Å²) in [5, 5.41) is 23.5. The molecule has 0 aliphatic rings. The molecule has 0 aliphatic carbocycles. The van der Waals surface area contributed by atoms with E-state index in [1.54, 1.807) is 59.9 Å². The molecule has 0 saturated heterocycles. The van der Waals surface area contributed by atoms with Crippen molar-refractivity contribution < 1.29 is 19.3 Å². The Kier molecular flexibility index (Phi) is 10.7. The van der Waals surface area contributed by atoms with Crippen LogP contribution >= 0.6 is 34.4 Å². The summed E-state index contributed by atoms with van der Waals surface area (Å²) in [6.07, 6.45) is 2.00. The second-order valence-corrected chi connectivity index (χ2v) is 12.8. The van der Waals surface area contributed by atoms with Gasteiger partial charge in [0.05, 0.1) is 20.7 Å². The number of nitro benzene ring substituents is 1. The zero-order valence-electron chi connectivity index (χ0n) is 24.3. The number of amides is 3. The minimum absolute atomic E-state index is 0.0584. The molecule has 5 aromatic rings. The molecule has 0 fully saturated rings. The Labute approximate surface area is 276 Å². The predicted octanol–water partition coefficient (Wildman–Crippen LogP) is 7.70. The van der Waals surface area contributed by atoms with E-state index in [2.05, 4.69) is 20.9 Å². The average molecular weight is 670 g/mol. The molecule has 2 heterocycles. The van der Waals surface area contributed by atoms with Crippen LogP contribution in [0.3, 0.4) is 0 Å². The standard InChI is InChI=1S/C33H27N5O5S3/c1-2-28(32(41)37-33-36-27(20-45-33)29-12-7-17-44-29)46-25-11-6-10-23(19-25)34-31(40)26(35-30(39)22-8-4-3-5-9-22)18-21-13-15-24(16-14-21)38(42)43/h3-20,28H,2H2,1H3,(H,34,40)(H,35,39)(H,36,37,41)/b26-18+. The number of carbonyl (C=O) groups excluding carboxylic acids is 3. The number of nitrogens with one attached hydrogen (secondary N) is 3. The van der Waals surface area contributed by atoms with Crippen LogP contribution in [-0.2, 0) is 9.59 Å². The van der Waals surface area contributed by atoms with E-state index in [0.29, 0.717) is 28.4 Å². The first-order valence-corrected chi connectivity index (χ1v) is 16.6. The van der Waals surface area contributed by atoms with Crippen LogP contribution in [0.4, 0.5) is 16.5 Å². The molecule has 0 radical (unpaired) electrons. The Bertz CT molecular complexity index is 1870. The van der Waals surface area contributed by atoms with Gasteiger partial charge in [0.15, 0.2) is 5.13 Å². The number of anilines is 2. The van der Waals surface area contributed by atoms with Gasteiger partial charge in [-0.05, 0) is 72.0 Å². The maximum Gasteiger partial charge on any atom is 0.272 e. The summed E-state index contributed by atoms with van der Waals surface area (Å²) in [5.74, 6) is -1.27. The van der Waals surface area contributed by atoms with Gasteiger partial charge in [0.2, 0.25) is 5.91 Å². The summed E-state index contributed by atoms with van der Waals surface area (Å²) in [6, 6.07) is 25.0. The van der Waals surface area contributed by atoms with Crippen LogP contribution in [0, 0.1) is 10.1 Å².